The highest BCUT2D eigenvalue weighted by molar-refractivity contribution is 7.33. The third kappa shape index (κ3) is 6.91. The van der Waals surface area contributed by atoms with Gasteiger partial charge in [-0.05, 0) is 43.0 Å². The number of benzene rings is 1. The molecular weight excluding hydrogens is 514 g/mol. The minimum atomic E-state index is -2.63. The lowest BCUT2D eigenvalue weighted by Gasteiger charge is -2.31. The van der Waals surface area contributed by atoms with E-state index in [0.29, 0.717) is 35.1 Å². The highest BCUT2D eigenvalue weighted by atomic mass is 31.1. The summed E-state index contributed by atoms with van der Waals surface area (Å²) in [6.07, 6.45) is 5.98. The monoisotopic (exact) mass is 547 g/mol. The second-order valence-corrected chi connectivity index (χ2v) is 10.4. The van der Waals surface area contributed by atoms with Crippen LogP contribution in [-0.4, -0.2) is 57.7 Å². The molecule has 12 heteroatoms. The maximum Gasteiger partial charge on any atom is 0.750 e. The number of halogens is 1. The van der Waals surface area contributed by atoms with Gasteiger partial charge in [-0.2, -0.15) is 5.10 Å². The molecule has 204 valence electrons. The van der Waals surface area contributed by atoms with Crippen LogP contribution in [0.1, 0.15) is 44.2 Å². The predicted molar refractivity (Wildman–Crippen MR) is 139 cm³/mol. The number of fused-ring (bicyclic) bond motifs is 1. The maximum atomic E-state index is 14.2. The summed E-state index contributed by atoms with van der Waals surface area (Å²) in [7, 11) is -1.38. The summed E-state index contributed by atoms with van der Waals surface area (Å²) in [4.78, 5) is 16.9. The van der Waals surface area contributed by atoms with Crippen molar-refractivity contribution in [1.29, 1.82) is 0 Å². The first-order chi connectivity index (χ1) is 18.4. The van der Waals surface area contributed by atoms with Crippen LogP contribution in [0.3, 0.4) is 0 Å². The van der Waals surface area contributed by atoms with Gasteiger partial charge in [0.05, 0.1) is 6.10 Å². The number of hydrogen-bond donors (Lipinski definition) is 2. The minimum Gasteiger partial charge on any atom is -0.390 e. The van der Waals surface area contributed by atoms with Gasteiger partial charge in [0.2, 0.25) is 5.91 Å². The van der Waals surface area contributed by atoms with Crippen molar-refractivity contribution in [1.82, 2.24) is 14.6 Å². The van der Waals surface area contributed by atoms with Crippen molar-refractivity contribution in [2.75, 3.05) is 25.7 Å². The lowest BCUT2D eigenvalue weighted by atomic mass is 9.87. The predicted octanol–water partition coefficient (Wildman–Crippen LogP) is 4.65. The van der Waals surface area contributed by atoms with Gasteiger partial charge in [0, 0.05) is 30.2 Å². The van der Waals surface area contributed by atoms with Crippen LogP contribution < -0.4 is 9.84 Å². The van der Waals surface area contributed by atoms with Crippen LogP contribution in [0, 0.1) is 5.92 Å². The summed E-state index contributed by atoms with van der Waals surface area (Å²) >= 11 is 0. The molecule has 10 nitrogen and oxygen atoms in total. The van der Waals surface area contributed by atoms with Crippen molar-refractivity contribution >= 4 is 25.5 Å². The number of methoxy groups -OCH3 is 1. The summed E-state index contributed by atoms with van der Waals surface area (Å²) in [5.41, 5.74) is -0.706. The van der Waals surface area contributed by atoms with Gasteiger partial charge in [0.15, 0.2) is 17.2 Å². The van der Waals surface area contributed by atoms with Crippen LogP contribution in [0.4, 0.5) is 10.2 Å². The van der Waals surface area contributed by atoms with Crippen LogP contribution >= 0.6 is 8.25 Å². The molecule has 3 aromatic rings. The van der Waals surface area contributed by atoms with Crippen LogP contribution in [-0.2, 0) is 25.0 Å². The second kappa shape index (κ2) is 13.2. The number of nitrogens with one attached hydrogen (secondary N) is 1. The molecule has 1 aliphatic rings. The fourth-order valence-electron chi connectivity index (χ4n) is 4.69. The number of hydrogen-bond acceptors (Lipinski definition) is 8. The van der Waals surface area contributed by atoms with Crippen molar-refractivity contribution in [3.63, 3.8) is 0 Å². The Balaban J connectivity index is 1.41. The number of carbonyl (C=O) groups excluding carboxylic acids is 1. The van der Waals surface area contributed by atoms with Gasteiger partial charge in [-0.1, -0.05) is 37.5 Å². The molecule has 2 aromatic heterocycles. The molecule has 1 unspecified atom stereocenters. The molecule has 1 aliphatic carbocycles. The largest absolute Gasteiger partial charge is 0.750 e. The Morgan fingerprint density at radius 1 is 1.24 bits per heavy atom. The van der Waals surface area contributed by atoms with E-state index in [2.05, 4.69) is 15.4 Å². The maximum absolute atomic E-state index is 14.2. The van der Waals surface area contributed by atoms with E-state index in [4.69, 9.17) is 13.8 Å². The summed E-state index contributed by atoms with van der Waals surface area (Å²) in [6.45, 7) is -1.61. The molecule has 0 aliphatic heterocycles. The third-order valence-electron chi connectivity index (χ3n) is 6.97. The number of anilines is 1. The minimum absolute atomic E-state index is 0.0575. The quantitative estimate of drug-likeness (QED) is 0.297. The SMILES string of the molecule is CO[C@](CF)(CO[P+](=O)Oc1ccccc1)[C@@H](O)Cc1ccc2c(NC(=O)CC3CCCCC3)ncnn12. The Kier molecular flexibility index (Phi) is 9.74. The number of nitrogens with zero attached hydrogens (tertiary/aromatic N) is 3. The van der Waals surface area contributed by atoms with Crippen molar-refractivity contribution in [2.45, 2.75) is 56.7 Å². The molecule has 0 bridgehead atoms. The number of aliphatic hydroxyl groups excluding tert-OH is 1. The van der Waals surface area contributed by atoms with E-state index in [0.717, 1.165) is 25.7 Å². The number of para-hydroxylation sites is 1. The number of rotatable bonds is 13. The van der Waals surface area contributed by atoms with E-state index >= 15 is 0 Å². The molecular formula is C26H33FN4O6P+. The number of aromatic nitrogens is 3. The van der Waals surface area contributed by atoms with E-state index < -0.39 is 33.2 Å². The Morgan fingerprint density at radius 2 is 2.00 bits per heavy atom. The zero-order valence-electron chi connectivity index (χ0n) is 21.3. The first-order valence-corrected chi connectivity index (χ1v) is 13.8. The molecule has 38 heavy (non-hydrogen) atoms. The molecule has 0 radical (unpaired) electrons. The molecule has 1 saturated carbocycles. The van der Waals surface area contributed by atoms with Crippen LogP contribution in [0.5, 0.6) is 5.75 Å². The van der Waals surface area contributed by atoms with Gasteiger partial charge in [0.1, 0.15) is 25.1 Å². The van der Waals surface area contributed by atoms with Gasteiger partial charge in [-0.3, -0.25) is 4.79 Å². The van der Waals surface area contributed by atoms with E-state index in [-0.39, 0.29) is 12.3 Å². The molecule has 1 fully saturated rings. The number of ether oxygens (including phenoxy) is 1. The van der Waals surface area contributed by atoms with Gasteiger partial charge in [0.25, 0.3) is 0 Å². The first kappa shape index (κ1) is 28.0. The Hall–Kier alpha value is -2.98. The lowest BCUT2D eigenvalue weighted by molar-refractivity contribution is -0.134. The van der Waals surface area contributed by atoms with Gasteiger partial charge >= 0.3 is 8.25 Å². The molecule has 2 heterocycles. The fraction of sp³-hybridized carbons (Fsp3) is 0.500. The number of carbonyl (C=O) groups is 1. The standard InChI is InChI=1S/C26H32FN4O6P/c1-35-26(16-27,17-36-38(34)37-21-10-6-3-7-11-21)23(32)15-20-12-13-22-25(28-18-29-31(20)22)30-24(33)14-19-8-4-2-5-9-19/h3,6-7,10-13,18-19,23,32H,2,4-5,8-9,14-17H2,1H3/p+1/t23-,26+/m0/s1. The fourth-order valence-corrected chi connectivity index (χ4v) is 5.36. The van der Waals surface area contributed by atoms with Crippen LogP contribution in [0.25, 0.3) is 5.52 Å². The topological polar surface area (TPSA) is 124 Å². The summed E-state index contributed by atoms with van der Waals surface area (Å²) < 4.78 is 43.7. The summed E-state index contributed by atoms with van der Waals surface area (Å²) in [5.74, 6) is 0.986. The molecule has 3 atom stereocenters. The zero-order valence-corrected chi connectivity index (χ0v) is 22.2. The van der Waals surface area contributed by atoms with Gasteiger partial charge in [-0.25, -0.2) is 18.4 Å². The molecule has 1 aromatic carbocycles. The van der Waals surface area contributed by atoms with E-state index in [9.17, 15) is 18.9 Å². The Labute approximate surface area is 221 Å². The number of aliphatic hydroxyl groups is 1. The van der Waals surface area contributed by atoms with E-state index in [1.54, 1.807) is 42.5 Å². The van der Waals surface area contributed by atoms with Crippen molar-refractivity contribution in [3.8, 4) is 5.75 Å². The Morgan fingerprint density at radius 3 is 2.71 bits per heavy atom. The zero-order chi connectivity index (χ0) is 27.0. The van der Waals surface area contributed by atoms with Crippen LogP contribution in [0.2, 0.25) is 0 Å². The smallest absolute Gasteiger partial charge is 0.390 e. The molecule has 1 amide bonds. The second-order valence-electron chi connectivity index (χ2n) is 9.51. The highest BCUT2D eigenvalue weighted by Gasteiger charge is 2.43. The molecule has 0 spiro atoms. The van der Waals surface area contributed by atoms with Crippen molar-refractivity contribution in [2.24, 2.45) is 5.92 Å². The number of alkyl halides is 1. The van der Waals surface area contributed by atoms with Crippen molar-refractivity contribution < 1.29 is 32.6 Å². The Bertz CT molecular complexity index is 1220. The third-order valence-corrected chi connectivity index (χ3v) is 7.67. The molecule has 4 rings (SSSR count). The summed E-state index contributed by atoms with van der Waals surface area (Å²) in [6, 6.07) is 11.9. The lowest BCUT2D eigenvalue weighted by Crippen LogP contribution is -2.51. The molecule has 2 N–H and O–H groups in total. The van der Waals surface area contributed by atoms with Crippen LogP contribution in [0.15, 0.2) is 48.8 Å². The normalized spacial score (nSPS) is 17.1. The average Bonchev–Trinajstić information content (AvgIpc) is 3.34. The van der Waals surface area contributed by atoms with Crippen molar-refractivity contribution in [3.05, 3.63) is 54.5 Å². The molecule has 0 saturated heterocycles. The first-order valence-electron chi connectivity index (χ1n) is 12.7. The highest BCUT2D eigenvalue weighted by Crippen LogP contribution is 2.32. The number of amides is 1. The van der Waals surface area contributed by atoms with E-state index in [1.165, 1.54) is 24.4 Å². The van der Waals surface area contributed by atoms with Gasteiger partial charge < -0.3 is 15.2 Å². The summed E-state index contributed by atoms with van der Waals surface area (Å²) in [5, 5.41) is 18.1. The van der Waals surface area contributed by atoms with Gasteiger partial charge in [-0.15, -0.1) is 4.52 Å². The van der Waals surface area contributed by atoms with E-state index in [1.807, 2.05) is 0 Å². The average molecular weight is 548 g/mol.